The van der Waals surface area contributed by atoms with Crippen LogP contribution < -0.4 is 0 Å². The lowest BCUT2D eigenvalue weighted by atomic mass is 10.1. The maximum atomic E-state index is 11.6. The van der Waals surface area contributed by atoms with Crippen molar-refractivity contribution >= 4 is 11.8 Å². The lowest BCUT2D eigenvalue weighted by molar-refractivity contribution is -0.155. The van der Waals surface area contributed by atoms with Gasteiger partial charge in [-0.15, -0.1) is 0 Å². The second-order valence-electron chi connectivity index (χ2n) is 4.20. The number of esters is 1. The van der Waals surface area contributed by atoms with Gasteiger partial charge in [-0.1, -0.05) is 0 Å². The van der Waals surface area contributed by atoms with Crippen molar-refractivity contribution in [2.45, 2.75) is 38.8 Å². The fourth-order valence-corrected chi connectivity index (χ4v) is 1.90. The van der Waals surface area contributed by atoms with Crippen molar-refractivity contribution in [2.24, 2.45) is 0 Å². The van der Waals surface area contributed by atoms with E-state index in [4.69, 9.17) is 14.2 Å². The van der Waals surface area contributed by atoms with E-state index in [1.54, 1.807) is 20.8 Å². The average molecular weight is 226 g/mol. The van der Waals surface area contributed by atoms with Gasteiger partial charge in [0, 0.05) is 0 Å². The topological polar surface area (TPSA) is 61.8 Å². The Morgan fingerprint density at radius 3 is 2.69 bits per heavy atom. The van der Waals surface area contributed by atoms with E-state index < -0.39 is 24.0 Å². The predicted molar refractivity (Wildman–Crippen MR) is 53.5 cm³/mol. The molecule has 5 nitrogen and oxygen atoms in total. The molecule has 2 aliphatic rings. The molecule has 0 spiro atoms. The van der Waals surface area contributed by atoms with Crippen LogP contribution in [0.4, 0.5) is 0 Å². The highest BCUT2D eigenvalue weighted by molar-refractivity contribution is 6.07. The number of carbonyl (C=O) groups is 2. The molecule has 2 rings (SSSR count). The highest BCUT2D eigenvalue weighted by Crippen LogP contribution is 2.36. The molecule has 5 heteroatoms. The summed E-state index contributed by atoms with van der Waals surface area (Å²) in [5.41, 5.74) is 0.252. The number of hydrogen-bond acceptors (Lipinski definition) is 5. The Labute approximate surface area is 93.4 Å². The van der Waals surface area contributed by atoms with Gasteiger partial charge in [-0.3, -0.25) is 4.79 Å². The maximum Gasteiger partial charge on any atom is 0.336 e. The van der Waals surface area contributed by atoms with Crippen LogP contribution >= 0.6 is 0 Å². The molecule has 0 aromatic heterocycles. The fraction of sp³-hybridized carbons (Fsp3) is 0.636. The number of ketones is 1. The Bertz CT molecular complexity index is 369. The first kappa shape index (κ1) is 11.3. The van der Waals surface area contributed by atoms with Gasteiger partial charge < -0.3 is 14.2 Å². The molecule has 1 saturated heterocycles. The smallest absolute Gasteiger partial charge is 0.336 e. The minimum Gasteiger partial charge on any atom is -0.463 e. The predicted octanol–water partition coefficient (Wildman–Crippen LogP) is 0.579. The SMILES string of the molecule is CCOC(=O)C1=CC(=O)[C@@H]2OC(C)(C)O[C@H]12. The Kier molecular flexibility index (Phi) is 2.59. The van der Waals surface area contributed by atoms with E-state index in [0.717, 1.165) is 0 Å². The summed E-state index contributed by atoms with van der Waals surface area (Å²) in [5.74, 6) is -1.58. The molecular weight excluding hydrogens is 212 g/mol. The highest BCUT2D eigenvalue weighted by atomic mass is 16.8. The molecule has 0 radical (unpaired) electrons. The van der Waals surface area contributed by atoms with Crippen molar-refractivity contribution in [1.82, 2.24) is 0 Å². The van der Waals surface area contributed by atoms with Crippen molar-refractivity contribution in [1.29, 1.82) is 0 Å². The van der Waals surface area contributed by atoms with Gasteiger partial charge in [-0.05, 0) is 26.8 Å². The average Bonchev–Trinajstić information content (AvgIpc) is 2.62. The summed E-state index contributed by atoms with van der Waals surface area (Å²) >= 11 is 0. The van der Waals surface area contributed by atoms with Crippen LogP contribution in [-0.4, -0.2) is 36.4 Å². The summed E-state index contributed by atoms with van der Waals surface area (Å²) < 4.78 is 15.8. The minimum absolute atomic E-state index is 0.237. The van der Waals surface area contributed by atoms with Crippen LogP contribution in [0.15, 0.2) is 11.6 Å². The van der Waals surface area contributed by atoms with Gasteiger partial charge in [0.1, 0.15) is 6.10 Å². The summed E-state index contributed by atoms with van der Waals surface area (Å²) in [4.78, 5) is 23.1. The first-order valence-electron chi connectivity index (χ1n) is 5.23. The lowest BCUT2D eigenvalue weighted by Crippen LogP contribution is -2.27. The quantitative estimate of drug-likeness (QED) is 0.644. The molecule has 1 aliphatic carbocycles. The van der Waals surface area contributed by atoms with Crippen LogP contribution in [0.2, 0.25) is 0 Å². The van der Waals surface area contributed by atoms with E-state index in [2.05, 4.69) is 0 Å². The monoisotopic (exact) mass is 226 g/mol. The minimum atomic E-state index is -0.836. The Balaban J connectivity index is 2.20. The first-order valence-corrected chi connectivity index (χ1v) is 5.23. The van der Waals surface area contributed by atoms with Crippen LogP contribution in [0.25, 0.3) is 0 Å². The molecule has 0 saturated carbocycles. The van der Waals surface area contributed by atoms with Crippen molar-refractivity contribution in [3.63, 3.8) is 0 Å². The second-order valence-corrected chi connectivity index (χ2v) is 4.20. The molecule has 2 atom stereocenters. The summed E-state index contributed by atoms with van der Waals surface area (Å²) in [7, 11) is 0. The molecule has 0 N–H and O–H groups in total. The number of rotatable bonds is 2. The second kappa shape index (κ2) is 3.68. The molecule has 0 bridgehead atoms. The maximum absolute atomic E-state index is 11.6. The van der Waals surface area contributed by atoms with E-state index in [-0.39, 0.29) is 18.0 Å². The highest BCUT2D eigenvalue weighted by Gasteiger charge is 2.51. The fourth-order valence-electron chi connectivity index (χ4n) is 1.90. The zero-order valence-corrected chi connectivity index (χ0v) is 9.48. The zero-order chi connectivity index (χ0) is 11.9. The van der Waals surface area contributed by atoms with E-state index >= 15 is 0 Å². The number of fused-ring (bicyclic) bond motifs is 1. The van der Waals surface area contributed by atoms with Crippen molar-refractivity contribution < 1.29 is 23.8 Å². The standard InChI is InChI=1S/C11H14O5/c1-4-14-10(13)6-5-7(12)9-8(6)15-11(2,3)16-9/h5,8-9H,4H2,1-3H3/t8-,9+/m1/s1. The van der Waals surface area contributed by atoms with Crippen molar-refractivity contribution in [3.05, 3.63) is 11.6 Å². The number of carbonyl (C=O) groups excluding carboxylic acids is 2. The molecule has 1 heterocycles. The molecule has 88 valence electrons. The molecule has 0 unspecified atom stereocenters. The Morgan fingerprint density at radius 2 is 2.06 bits per heavy atom. The van der Waals surface area contributed by atoms with Crippen LogP contribution in [0.3, 0.4) is 0 Å². The van der Waals surface area contributed by atoms with E-state index in [0.29, 0.717) is 0 Å². The molecule has 1 aliphatic heterocycles. The Hall–Kier alpha value is -1.20. The van der Waals surface area contributed by atoms with Gasteiger partial charge in [0.05, 0.1) is 12.2 Å². The van der Waals surface area contributed by atoms with Gasteiger partial charge in [0.2, 0.25) is 0 Å². The zero-order valence-electron chi connectivity index (χ0n) is 9.48. The molecular formula is C11H14O5. The molecule has 0 aromatic rings. The van der Waals surface area contributed by atoms with Crippen molar-refractivity contribution in [3.8, 4) is 0 Å². The van der Waals surface area contributed by atoms with E-state index in [1.165, 1.54) is 6.08 Å². The number of ether oxygens (including phenoxy) is 3. The normalized spacial score (nSPS) is 31.2. The van der Waals surface area contributed by atoms with Crippen molar-refractivity contribution in [2.75, 3.05) is 6.61 Å². The van der Waals surface area contributed by atoms with E-state index in [9.17, 15) is 9.59 Å². The largest absolute Gasteiger partial charge is 0.463 e. The van der Waals surface area contributed by atoms with Crippen LogP contribution in [-0.2, 0) is 23.8 Å². The summed E-state index contributed by atoms with van der Waals surface area (Å²) in [5, 5.41) is 0. The third-order valence-electron chi connectivity index (χ3n) is 2.49. The van der Waals surface area contributed by atoms with Gasteiger partial charge in [-0.25, -0.2) is 4.79 Å². The van der Waals surface area contributed by atoms with Crippen LogP contribution in [0.1, 0.15) is 20.8 Å². The van der Waals surface area contributed by atoms with Gasteiger partial charge in [-0.2, -0.15) is 0 Å². The van der Waals surface area contributed by atoms with Crippen LogP contribution in [0.5, 0.6) is 0 Å². The molecule has 0 amide bonds. The summed E-state index contributed by atoms with van der Waals surface area (Å²) in [6.07, 6.45) is -0.0706. The van der Waals surface area contributed by atoms with Gasteiger partial charge >= 0.3 is 5.97 Å². The third-order valence-corrected chi connectivity index (χ3v) is 2.49. The number of hydrogen-bond donors (Lipinski definition) is 0. The van der Waals surface area contributed by atoms with Gasteiger partial charge in [0.25, 0.3) is 0 Å². The lowest BCUT2D eigenvalue weighted by Gasteiger charge is -2.17. The summed E-state index contributed by atoms with van der Waals surface area (Å²) in [6.45, 7) is 5.40. The van der Waals surface area contributed by atoms with Crippen LogP contribution in [0, 0.1) is 0 Å². The third kappa shape index (κ3) is 1.76. The first-order chi connectivity index (χ1) is 7.44. The molecule has 16 heavy (non-hydrogen) atoms. The van der Waals surface area contributed by atoms with Gasteiger partial charge in [0.15, 0.2) is 17.7 Å². The molecule has 0 aromatic carbocycles. The molecule has 1 fully saturated rings. The van der Waals surface area contributed by atoms with E-state index in [1.807, 2.05) is 0 Å². The summed E-state index contributed by atoms with van der Waals surface area (Å²) in [6, 6.07) is 0. The Morgan fingerprint density at radius 1 is 1.44 bits per heavy atom.